The van der Waals surface area contributed by atoms with Gasteiger partial charge in [0.1, 0.15) is 29.6 Å². The summed E-state index contributed by atoms with van der Waals surface area (Å²) in [5.41, 5.74) is 6.20. The lowest BCUT2D eigenvalue weighted by atomic mass is 10.0. The second kappa shape index (κ2) is 9.60. The van der Waals surface area contributed by atoms with Crippen LogP contribution in [0.5, 0.6) is 11.5 Å². The number of hydrogen-bond donors (Lipinski definition) is 3. The number of rotatable bonds is 7. The van der Waals surface area contributed by atoms with Crippen molar-refractivity contribution < 1.29 is 14.2 Å². The maximum Gasteiger partial charge on any atom is 0.134 e. The Morgan fingerprint density at radius 1 is 0.947 bits per heavy atom. The molecule has 9 heteroatoms. The van der Waals surface area contributed by atoms with Crippen LogP contribution in [0.15, 0.2) is 73.2 Å². The molecule has 3 N–H and O–H groups in total. The Morgan fingerprint density at radius 3 is 2.68 bits per heavy atom. The van der Waals surface area contributed by atoms with Gasteiger partial charge in [0, 0.05) is 40.7 Å². The van der Waals surface area contributed by atoms with Crippen LogP contribution in [0.2, 0.25) is 0 Å². The predicted octanol–water partition coefficient (Wildman–Crippen LogP) is 5.62. The van der Waals surface area contributed by atoms with Crippen molar-refractivity contribution in [1.29, 1.82) is 0 Å². The lowest BCUT2D eigenvalue weighted by molar-refractivity contribution is 0.260. The number of aromatic nitrogens is 5. The van der Waals surface area contributed by atoms with Crippen LogP contribution in [-0.4, -0.2) is 62.4 Å². The minimum Gasteiger partial charge on any atom is -0.506 e. The molecule has 4 heterocycles. The molecule has 0 unspecified atom stereocenters. The fraction of sp³-hybridized carbons (Fsp3) is 0.138. The number of nitrogens with one attached hydrogen (secondary N) is 2. The summed E-state index contributed by atoms with van der Waals surface area (Å²) < 4.78 is 20.4. The van der Waals surface area contributed by atoms with Gasteiger partial charge in [-0.3, -0.25) is 15.1 Å². The van der Waals surface area contributed by atoms with Crippen LogP contribution in [0.4, 0.5) is 4.39 Å². The van der Waals surface area contributed by atoms with Crippen molar-refractivity contribution in [1.82, 2.24) is 30.0 Å². The zero-order valence-electron chi connectivity index (χ0n) is 20.9. The Labute approximate surface area is 217 Å². The molecular weight excluding hydrogens is 483 g/mol. The van der Waals surface area contributed by atoms with Crippen molar-refractivity contribution in [3.63, 3.8) is 0 Å². The van der Waals surface area contributed by atoms with Gasteiger partial charge >= 0.3 is 0 Å². The Kier molecular flexibility index (Phi) is 5.97. The molecule has 0 saturated heterocycles. The van der Waals surface area contributed by atoms with E-state index in [4.69, 9.17) is 4.74 Å². The molecule has 0 bridgehead atoms. The summed E-state index contributed by atoms with van der Waals surface area (Å²) in [4.78, 5) is 14.0. The maximum atomic E-state index is 14.6. The number of halogens is 1. The highest BCUT2D eigenvalue weighted by molar-refractivity contribution is 6.01. The topological polar surface area (TPSA) is 103 Å². The van der Waals surface area contributed by atoms with E-state index in [1.54, 1.807) is 18.5 Å². The smallest absolute Gasteiger partial charge is 0.134 e. The van der Waals surface area contributed by atoms with Crippen LogP contribution in [0.25, 0.3) is 55.6 Å². The molecule has 0 atom stereocenters. The second-order valence-corrected chi connectivity index (χ2v) is 9.40. The van der Waals surface area contributed by atoms with Gasteiger partial charge in [-0.25, -0.2) is 4.39 Å². The first-order valence-electron chi connectivity index (χ1n) is 12.1. The number of H-pyrrole nitrogens is 2. The van der Waals surface area contributed by atoms with Gasteiger partial charge in [-0.1, -0.05) is 12.1 Å². The number of aromatic hydroxyl groups is 1. The molecule has 4 aromatic heterocycles. The van der Waals surface area contributed by atoms with Crippen molar-refractivity contribution >= 4 is 21.8 Å². The summed E-state index contributed by atoms with van der Waals surface area (Å²) in [7, 11) is 3.93. The third-order valence-electron chi connectivity index (χ3n) is 6.38. The Morgan fingerprint density at radius 2 is 1.84 bits per heavy atom. The highest BCUT2D eigenvalue weighted by Gasteiger charge is 2.16. The fourth-order valence-corrected chi connectivity index (χ4v) is 4.53. The maximum absolute atomic E-state index is 14.6. The monoisotopic (exact) mass is 508 g/mol. The Balaban J connectivity index is 1.40. The SMILES string of the molecule is CN(C)CCOc1cc(F)cc(-c2cccc3[nH]c(-c4n[nH]c5cnc(-c6cncc(O)c6)cc45)cc23)c1. The number of hydrogen-bond acceptors (Lipinski definition) is 6. The van der Waals surface area contributed by atoms with E-state index < -0.39 is 0 Å². The van der Waals surface area contributed by atoms with Gasteiger partial charge in [0.05, 0.1) is 29.3 Å². The number of benzene rings is 2. The summed E-state index contributed by atoms with van der Waals surface area (Å²) in [6.45, 7) is 1.20. The highest BCUT2D eigenvalue weighted by Crippen LogP contribution is 2.36. The predicted molar refractivity (Wildman–Crippen MR) is 146 cm³/mol. The molecule has 190 valence electrons. The molecule has 0 radical (unpaired) electrons. The lowest BCUT2D eigenvalue weighted by Gasteiger charge is -2.12. The molecule has 0 spiro atoms. The highest BCUT2D eigenvalue weighted by atomic mass is 19.1. The number of pyridine rings is 2. The molecular formula is C29H25FN6O2. The molecule has 0 aliphatic heterocycles. The van der Waals surface area contributed by atoms with Crippen LogP contribution in [0.1, 0.15) is 0 Å². The van der Waals surface area contributed by atoms with Crippen molar-refractivity contribution in [3.8, 4) is 45.3 Å². The van der Waals surface area contributed by atoms with Crippen LogP contribution < -0.4 is 4.74 Å². The van der Waals surface area contributed by atoms with E-state index in [0.717, 1.165) is 50.9 Å². The lowest BCUT2D eigenvalue weighted by Crippen LogP contribution is -2.19. The van der Waals surface area contributed by atoms with E-state index in [2.05, 4.69) is 25.1 Å². The number of nitrogens with zero attached hydrogens (tertiary/aromatic N) is 4. The van der Waals surface area contributed by atoms with Crippen molar-refractivity contribution in [2.45, 2.75) is 0 Å². The van der Waals surface area contributed by atoms with Gasteiger partial charge in [0.15, 0.2) is 0 Å². The minimum atomic E-state index is -0.352. The Bertz CT molecular complexity index is 1770. The molecule has 8 nitrogen and oxygen atoms in total. The summed E-state index contributed by atoms with van der Waals surface area (Å²) in [5.74, 6) is 0.216. The molecule has 0 fully saturated rings. The second-order valence-electron chi connectivity index (χ2n) is 9.40. The van der Waals surface area contributed by atoms with E-state index in [-0.39, 0.29) is 11.6 Å². The van der Waals surface area contributed by atoms with E-state index >= 15 is 0 Å². The average Bonchev–Trinajstić information content (AvgIpc) is 3.51. The molecule has 6 aromatic rings. The zero-order chi connectivity index (χ0) is 26.2. The van der Waals surface area contributed by atoms with Gasteiger partial charge in [-0.15, -0.1) is 0 Å². The standard InChI is InChI=1S/C29H25FN6O2/c1-36(2)6-7-38-21-10-17(8-19(30)11-21)22-4-3-5-25-23(22)12-27(33-25)29-24-13-26(32-16-28(24)34-35-29)18-9-20(37)15-31-14-18/h3-5,8-16,33,37H,6-7H2,1-2H3,(H,34,35). The van der Waals surface area contributed by atoms with Crippen molar-refractivity contribution in [2.24, 2.45) is 0 Å². The third kappa shape index (κ3) is 4.55. The van der Waals surface area contributed by atoms with Gasteiger partial charge in [0.2, 0.25) is 0 Å². The minimum absolute atomic E-state index is 0.0727. The first-order chi connectivity index (χ1) is 18.4. The Hall–Kier alpha value is -4.76. The van der Waals surface area contributed by atoms with Crippen molar-refractivity contribution in [2.75, 3.05) is 27.2 Å². The number of fused-ring (bicyclic) bond motifs is 2. The molecule has 0 saturated carbocycles. The van der Waals surface area contributed by atoms with Crippen molar-refractivity contribution in [3.05, 3.63) is 79.0 Å². The zero-order valence-corrected chi connectivity index (χ0v) is 20.9. The van der Waals surface area contributed by atoms with E-state index in [1.165, 1.54) is 18.3 Å². The molecule has 0 aliphatic rings. The third-order valence-corrected chi connectivity index (χ3v) is 6.38. The molecule has 6 rings (SSSR count). The van der Waals surface area contributed by atoms with Crippen LogP contribution in [-0.2, 0) is 0 Å². The van der Waals surface area contributed by atoms with E-state index in [0.29, 0.717) is 23.6 Å². The quantitative estimate of drug-likeness (QED) is 0.259. The largest absolute Gasteiger partial charge is 0.506 e. The first kappa shape index (κ1) is 23.6. The normalized spacial score (nSPS) is 11.6. The van der Waals surface area contributed by atoms with E-state index in [9.17, 15) is 9.50 Å². The van der Waals surface area contributed by atoms with Crippen LogP contribution in [0, 0.1) is 5.82 Å². The number of aromatic amines is 2. The van der Waals surface area contributed by atoms with Crippen LogP contribution >= 0.6 is 0 Å². The van der Waals surface area contributed by atoms with Gasteiger partial charge in [0.25, 0.3) is 0 Å². The molecule has 0 aliphatic carbocycles. The van der Waals surface area contributed by atoms with Gasteiger partial charge < -0.3 is 19.7 Å². The van der Waals surface area contributed by atoms with E-state index in [1.807, 2.05) is 55.4 Å². The summed E-state index contributed by atoms with van der Waals surface area (Å²) in [5, 5.41) is 19.2. The molecule has 0 amide bonds. The van der Waals surface area contributed by atoms with Crippen LogP contribution in [0.3, 0.4) is 0 Å². The first-order valence-corrected chi connectivity index (χ1v) is 12.1. The fourth-order valence-electron chi connectivity index (χ4n) is 4.53. The number of ether oxygens (including phenoxy) is 1. The van der Waals surface area contributed by atoms with Gasteiger partial charge in [-0.2, -0.15) is 5.10 Å². The number of likely N-dealkylation sites (N-methyl/N-ethyl adjacent to an activating group) is 1. The summed E-state index contributed by atoms with van der Waals surface area (Å²) in [6.07, 6.45) is 4.75. The summed E-state index contributed by atoms with van der Waals surface area (Å²) >= 11 is 0. The average molecular weight is 509 g/mol. The van der Waals surface area contributed by atoms with Gasteiger partial charge in [-0.05, 0) is 61.6 Å². The molecule has 2 aromatic carbocycles. The molecule has 38 heavy (non-hydrogen) atoms. The summed E-state index contributed by atoms with van der Waals surface area (Å²) in [6, 6.07) is 16.2.